The SMILES string of the molecule is CCC(CC)(CO)CN1CCCCC1=O. The lowest BCUT2D eigenvalue weighted by Gasteiger charge is -2.37. The summed E-state index contributed by atoms with van der Waals surface area (Å²) in [5.74, 6) is 0.265. The number of aliphatic hydroxyl groups excluding tert-OH is 1. The zero-order chi connectivity index (χ0) is 11.3. The van der Waals surface area contributed by atoms with Crippen LogP contribution in [0.15, 0.2) is 0 Å². The molecular formula is C12H23NO2. The van der Waals surface area contributed by atoms with E-state index in [0.29, 0.717) is 6.42 Å². The third-order valence-electron chi connectivity index (χ3n) is 3.78. The minimum atomic E-state index is -0.0764. The number of hydrogen-bond donors (Lipinski definition) is 1. The highest BCUT2D eigenvalue weighted by atomic mass is 16.3. The summed E-state index contributed by atoms with van der Waals surface area (Å²) >= 11 is 0. The van der Waals surface area contributed by atoms with Crippen LogP contribution in [-0.4, -0.2) is 35.6 Å². The van der Waals surface area contributed by atoms with Crippen LogP contribution >= 0.6 is 0 Å². The predicted molar refractivity (Wildman–Crippen MR) is 60.5 cm³/mol. The molecule has 15 heavy (non-hydrogen) atoms. The normalized spacial score (nSPS) is 18.3. The van der Waals surface area contributed by atoms with E-state index in [2.05, 4.69) is 13.8 Å². The Bertz CT molecular complexity index is 203. The molecule has 1 saturated heterocycles. The van der Waals surface area contributed by atoms with Gasteiger partial charge in [-0.25, -0.2) is 0 Å². The molecular weight excluding hydrogens is 190 g/mol. The molecule has 3 nitrogen and oxygen atoms in total. The van der Waals surface area contributed by atoms with E-state index in [-0.39, 0.29) is 17.9 Å². The van der Waals surface area contributed by atoms with Crippen LogP contribution in [0.2, 0.25) is 0 Å². The zero-order valence-corrected chi connectivity index (χ0v) is 9.96. The number of carbonyl (C=O) groups excluding carboxylic acids is 1. The molecule has 1 heterocycles. The van der Waals surface area contributed by atoms with Crippen LogP contribution in [0.3, 0.4) is 0 Å². The molecule has 88 valence electrons. The summed E-state index contributed by atoms with van der Waals surface area (Å²) in [5, 5.41) is 9.46. The first-order chi connectivity index (χ1) is 7.17. The van der Waals surface area contributed by atoms with Gasteiger partial charge in [0.05, 0.1) is 6.61 Å². The third kappa shape index (κ3) is 2.94. The summed E-state index contributed by atoms with van der Waals surface area (Å²) in [4.78, 5) is 13.6. The van der Waals surface area contributed by atoms with Crippen molar-refractivity contribution in [3.8, 4) is 0 Å². The highest BCUT2D eigenvalue weighted by molar-refractivity contribution is 5.76. The van der Waals surface area contributed by atoms with Crippen LogP contribution in [0.4, 0.5) is 0 Å². The molecule has 0 aromatic carbocycles. The van der Waals surface area contributed by atoms with Crippen molar-refractivity contribution in [1.29, 1.82) is 0 Å². The number of carbonyl (C=O) groups is 1. The first kappa shape index (κ1) is 12.5. The molecule has 1 rings (SSSR count). The molecule has 1 fully saturated rings. The Hall–Kier alpha value is -0.570. The monoisotopic (exact) mass is 213 g/mol. The topological polar surface area (TPSA) is 40.5 Å². The molecule has 0 aromatic rings. The Labute approximate surface area is 92.5 Å². The van der Waals surface area contributed by atoms with Crippen LogP contribution in [0.1, 0.15) is 46.0 Å². The molecule has 3 heteroatoms. The first-order valence-corrected chi connectivity index (χ1v) is 6.06. The first-order valence-electron chi connectivity index (χ1n) is 6.06. The van der Waals surface area contributed by atoms with Gasteiger partial charge in [-0.1, -0.05) is 13.8 Å². The van der Waals surface area contributed by atoms with E-state index in [1.54, 1.807) is 0 Å². The lowest BCUT2D eigenvalue weighted by molar-refractivity contribution is -0.135. The summed E-state index contributed by atoms with van der Waals surface area (Å²) < 4.78 is 0. The van der Waals surface area contributed by atoms with Gasteiger partial charge in [0.1, 0.15) is 0 Å². The summed E-state index contributed by atoms with van der Waals surface area (Å²) in [7, 11) is 0. The van der Waals surface area contributed by atoms with Gasteiger partial charge >= 0.3 is 0 Å². The summed E-state index contributed by atoms with van der Waals surface area (Å²) in [5.41, 5.74) is -0.0764. The quantitative estimate of drug-likeness (QED) is 0.756. The van der Waals surface area contributed by atoms with E-state index in [1.165, 1.54) is 0 Å². The minimum Gasteiger partial charge on any atom is -0.396 e. The number of hydrogen-bond acceptors (Lipinski definition) is 2. The number of nitrogens with zero attached hydrogens (tertiary/aromatic N) is 1. The number of amides is 1. The van der Waals surface area contributed by atoms with Crippen LogP contribution in [0.5, 0.6) is 0 Å². The Morgan fingerprint density at radius 3 is 2.47 bits per heavy atom. The molecule has 1 N–H and O–H groups in total. The van der Waals surface area contributed by atoms with Gasteiger partial charge in [0.25, 0.3) is 0 Å². The van der Waals surface area contributed by atoms with Gasteiger partial charge in [0.2, 0.25) is 5.91 Å². The van der Waals surface area contributed by atoms with Crippen LogP contribution < -0.4 is 0 Å². The fraction of sp³-hybridized carbons (Fsp3) is 0.917. The average molecular weight is 213 g/mol. The number of rotatable bonds is 5. The zero-order valence-electron chi connectivity index (χ0n) is 9.96. The maximum absolute atomic E-state index is 11.7. The average Bonchev–Trinajstić information content (AvgIpc) is 2.29. The highest BCUT2D eigenvalue weighted by Crippen LogP contribution is 2.28. The van der Waals surface area contributed by atoms with E-state index in [1.807, 2.05) is 4.90 Å². The maximum Gasteiger partial charge on any atom is 0.222 e. The van der Waals surface area contributed by atoms with E-state index < -0.39 is 0 Å². The lowest BCUT2D eigenvalue weighted by Crippen LogP contribution is -2.44. The Kier molecular flexibility index (Phi) is 4.58. The molecule has 1 aliphatic rings. The van der Waals surface area contributed by atoms with Crippen LogP contribution in [0, 0.1) is 5.41 Å². The fourth-order valence-corrected chi connectivity index (χ4v) is 2.18. The van der Waals surface area contributed by atoms with Crippen molar-refractivity contribution < 1.29 is 9.90 Å². The van der Waals surface area contributed by atoms with Gasteiger partial charge in [-0.3, -0.25) is 4.79 Å². The molecule has 0 radical (unpaired) electrons. The van der Waals surface area contributed by atoms with Crippen molar-refractivity contribution in [1.82, 2.24) is 4.90 Å². The fourth-order valence-electron chi connectivity index (χ4n) is 2.18. The maximum atomic E-state index is 11.7. The Balaban J connectivity index is 2.60. The van der Waals surface area contributed by atoms with Crippen LogP contribution in [-0.2, 0) is 4.79 Å². The van der Waals surface area contributed by atoms with Crippen molar-refractivity contribution in [2.75, 3.05) is 19.7 Å². The van der Waals surface area contributed by atoms with E-state index >= 15 is 0 Å². The van der Waals surface area contributed by atoms with Gasteiger partial charge in [0, 0.05) is 24.9 Å². The summed E-state index contributed by atoms with van der Waals surface area (Å²) in [6.07, 6.45) is 4.70. The molecule has 0 spiro atoms. The molecule has 0 bridgehead atoms. The molecule has 0 aliphatic carbocycles. The van der Waals surface area contributed by atoms with E-state index in [0.717, 1.165) is 38.8 Å². The van der Waals surface area contributed by atoms with Crippen LogP contribution in [0.25, 0.3) is 0 Å². The molecule has 0 aromatic heterocycles. The van der Waals surface area contributed by atoms with Gasteiger partial charge in [0.15, 0.2) is 0 Å². The second kappa shape index (κ2) is 5.50. The summed E-state index contributed by atoms with van der Waals surface area (Å²) in [6, 6.07) is 0. The third-order valence-corrected chi connectivity index (χ3v) is 3.78. The Morgan fingerprint density at radius 1 is 1.33 bits per heavy atom. The molecule has 0 unspecified atom stereocenters. The van der Waals surface area contributed by atoms with E-state index in [4.69, 9.17) is 0 Å². The van der Waals surface area contributed by atoms with Crippen molar-refractivity contribution >= 4 is 5.91 Å². The van der Waals surface area contributed by atoms with Gasteiger partial charge in [-0.15, -0.1) is 0 Å². The summed E-state index contributed by atoms with van der Waals surface area (Å²) in [6.45, 7) is 5.97. The molecule has 0 saturated carbocycles. The lowest BCUT2D eigenvalue weighted by atomic mass is 9.82. The van der Waals surface area contributed by atoms with E-state index in [9.17, 15) is 9.90 Å². The largest absolute Gasteiger partial charge is 0.396 e. The van der Waals surface area contributed by atoms with Gasteiger partial charge < -0.3 is 10.0 Å². The highest BCUT2D eigenvalue weighted by Gasteiger charge is 2.30. The van der Waals surface area contributed by atoms with Crippen molar-refractivity contribution in [3.05, 3.63) is 0 Å². The molecule has 0 atom stereocenters. The smallest absolute Gasteiger partial charge is 0.222 e. The Morgan fingerprint density at radius 2 is 2.00 bits per heavy atom. The number of piperidine rings is 1. The number of aliphatic hydroxyl groups is 1. The standard InChI is InChI=1S/C12H23NO2/c1-3-12(4-2,10-14)9-13-8-6-5-7-11(13)15/h14H,3-10H2,1-2H3. The van der Waals surface area contributed by atoms with Crippen molar-refractivity contribution in [3.63, 3.8) is 0 Å². The second-order valence-corrected chi connectivity index (χ2v) is 4.64. The van der Waals surface area contributed by atoms with Gasteiger partial charge in [-0.05, 0) is 25.7 Å². The van der Waals surface area contributed by atoms with Gasteiger partial charge in [-0.2, -0.15) is 0 Å². The number of likely N-dealkylation sites (tertiary alicyclic amines) is 1. The predicted octanol–water partition coefficient (Wildman–Crippen LogP) is 1.80. The molecule has 1 aliphatic heterocycles. The van der Waals surface area contributed by atoms with Crippen molar-refractivity contribution in [2.24, 2.45) is 5.41 Å². The second-order valence-electron chi connectivity index (χ2n) is 4.64. The minimum absolute atomic E-state index is 0.0764. The molecule has 1 amide bonds. The van der Waals surface area contributed by atoms with Crippen molar-refractivity contribution in [2.45, 2.75) is 46.0 Å².